The zero-order valence-corrected chi connectivity index (χ0v) is 19.5. The van der Waals surface area contributed by atoms with Gasteiger partial charge < -0.3 is 19.9 Å². The van der Waals surface area contributed by atoms with Gasteiger partial charge in [0.15, 0.2) is 0 Å². The quantitative estimate of drug-likeness (QED) is 0.682. The Bertz CT molecular complexity index is 1050. The molecule has 0 radical (unpaired) electrons. The molecule has 0 aliphatic carbocycles. The molecule has 0 bridgehead atoms. The second-order valence-electron chi connectivity index (χ2n) is 8.25. The number of carbonyl (C=O) groups is 1. The Balaban J connectivity index is 1.79. The third-order valence-corrected chi connectivity index (χ3v) is 5.49. The van der Waals surface area contributed by atoms with E-state index in [0.29, 0.717) is 48.5 Å². The van der Waals surface area contributed by atoms with Crippen molar-refractivity contribution in [3.8, 4) is 0 Å². The minimum absolute atomic E-state index is 0.268. The molecule has 1 aliphatic heterocycles. The topological polar surface area (TPSA) is 105 Å². The van der Waals surface area contributed by atoms with Crippen molar-refractivity contribution in [1.82, 2.24) is 14.9 Å². The van der Waals surface area contributed by atoms with E-state index in [-0.39, 0.29) is 11.2 Å². The van der Waals surface area contributed by atoms with Gasteiger partial charge in [-0.2, -0.15) is 0 Å². The maximum atomic E-state index is 12.3. The van der Waals surface area contributed by atoms with Gasteiger partial charge >= 0.3 is 6.09 Å². The maximum absolute atomic E-state index is 12.3. The van der Waals surface area contributed by atoms with Gasteiger partial charge in [0, 0.05) is 49.2 Å². The van der Waals surface area contributed by atoms with Gasteiger partial charge in [0.25, 0.3) is 5.16 Å². The third-order valence-electron chi connectivity index (χ3n) is 4.40. The molecule has 11 heteroatoms. The number of nitrogens with one attached hydrogen (secondary N) is 1. The first-order chi connectivity index (χ1) is 14.4. The number of nitrogens with zero attached hydrogens (tertiary/aromatic N) is 4. The van der Waals surface area contributed by atoms with E-state index in [1.165, 1.54) is 0 Å². The molecule has 0 spiro atoms. The Morgan fingerprint density at radius 2 is 1.71 bits per heavy atom. The molecule has 1 amide bonds. The van der Waals surface area contributed by atoms with Crippen LogP contribution in [-0.2, 0) is 14.6 Å². The van der Waals surface area contributed by atoms with Crippen molar-refractivity contribution in [2.24, 2.45) is 0 Å². The van der Waals surface area contributed by atoms with Crippen LogP contribution in [0.5, 0.6) is 0 Å². The number of hydrogen-bond donors (Lipinski definition) is 1. The van der Waals surface area contributed by atoms with E-state index in [1.807, 2.05) is 25.7 Å². The highest BCUT2D eigenvalue weighted by Gasteiger charge is 2.27. The molecule has 1 aliphatic rings. The van der Waals surface area contributed by atoms with Crippen molar-refractivity contribution in [3.05, 3.63) is 35.4 Å². The molecule has 1 N–H and O–H groups in total. The summed E-state index contributed by atoms with van der Waals surface area (Å²) in [6, 6.07) is 8.67. The Morgan fingerprint density at radius 1 is 1.10 bits per heavy atom. The van der Waals surface area contributed by atoms with Crippen LogP contribution in [0.2, 0.25) is 5.02 Å². The predicted molar refractivity (Wildman–Crippen MR) is 120 cm³/mol. The maximum Gasteiger partial charge on any atom is 0.410 e. The fourth-order valence-electron chi connectivity index (χ4n) is 2.93. The van der Waals surface area contributed by atoms with Crippen LogP contribution in [0, 0.1) is 0 Å². The van der Waals surface area contributed by atoms with Gasteiger partial charge in [0.1, 0.15) is 17.2 Å². The van der Waals surface area contributed by atoms with Crippen molar-refractivity contribution >= 4 is 44.9 Å². The second kappa shape index (κ2) is 8.88. The number of carbonyl (C=O) groups excluding carboxylic acids is 1. The summed E-state index contributed by atoms with van der Waals surface area (Å²) >= 11 is 5.92. The molecular weight excluding hydrogens is 442 g/mol. The highest BCUT2D eigenvalue weighted by molar-refractivity contribution is 7.90. The number of anilines is 3. The normalized spacial score (nSPS) is 15.0. The monoisotopic (exact) mass is 467 g/mol. The lowest BCUT2D eigenvalue weighted by molar-refractivity contribution is 0.0240. The first-order valence-electron chi connectivity index (χ1n) is 9.75. The number of aromatic nitrogens is 2. The van der Waals surface area contributed by atoms with E-state index >= 15 is 0 Å². The van der Waals surface area contributed by atoms with Gasteiger partial charge in [-0.15, -0.1) is 0 Å². The molecule has 1 aromatic heterocycles. The zero-order valence-electron chi connectivity index (χ0n) is 17.9. The van der Waals surface area contributed by atoms with Crippen molar-refractivity contribution in [2.75, 3.05) is 42.7 Å². The standard InChI is InChI=1S/C20H26ClN5O4S/c1-20(2,3)30-19(27)26-11-9-25(10-12-26)17-13-16(23-18(24-17)31(4,28)29)22-15-7-5-14(21)6-8-15/h5-8,13H,9-12H2,1-4H3,(H,22,23,24). The van der Waals surface area contributed by atoms with Crippen LogP contribution in [0.25, 0.3) is 0 Å². The molecule has 1 fully saturated rings. The fraction of sp³-hybridized carbons (Fsp3) is 0.450. The number of rotatable bonds is 4. The van der Waals surface area contributed by atoms with Crippen molar-refractivity contribution in [3.63, 3.8) is 0 Å². The minimum atomic E-state index is -3.62. The van der Waals surface area contributed by atoms with E-state index in [0.717, 1.165) is 6.26 Å². The van der Waals surface area contributed by atoms with Crippen molar-refractivity contribution < 1.29 is 17.9 Å². The number of sulfone groups is 1. The van der Waals surface area contributed by atoms with E-state index in [9.17, 15) is 13.2 Å². The first-order valence-corrected chi connectivity index (χ1v) is 12.0. The SMILES string of the molecule is CC(C)(C)OC(=O)N1CCN(c2cc(Nc3ccc(Cl)cc3)nc(S(C)(=O)=O)n2)CC1. The Hall–Kier alpha value is -2.59. The summed E-state index contributed by atoms with van der Waals surface area (Å²) in [5, 5.41) is 3.41. The molecule has 9 nitrogen and oxygen atoms in total. The van der Waals surface area contributed by atoms with Crippen molar-refractivity contribution in [1.29, 1.82) is 0 Å². The van der Waals surface area contributed by atoms with Crippen LogP contribution in [0.1, 0.15) is 20.8 Å². The molecule has 31 heavy (non-hydrogen) atoms. The number of ether oxygens (including phenoxy) is 1. The van der Waals surface area contributed by atoms with E-state index in [4.69, 9.17) is 16.3 Å². The summed E-state index contributed by atoms with van der Waals surface area (Å²) in [4.78, 5) is 24.2. The van der Waals surface area contributed by atoms with Gasteiger partial charge in [0.2, 0.25) is 9.84 Å². The van der Waals surface area contributed by atoms with Gasteiger partial charge in [-0.1, -0.05) is 11.6 Å². The van der Waals surface area contributed by atoms with Gasteiger partial charge in [0.05, 0.1) is 0 Å². The van der Waals surface area contributed by atoms with Crippen molar-refractivity contribution in [2.45, 2.75) is 31.5 Å². The molecule has 1 saturated heterocycles. The molecule has 1 aromatic carbocycles. The fourth-order valence-corrected chi connectivity index (χ4v) is 3.58. The van der Waals surface area contributed by atoms with Crippen LogP contribution < -0.4 is 10.2 Å². The smallest absolute Gasteiger partial charge is 0.410 e. The summed E-state index contributed by atoms with van der Waals surface area (Å²) in [5.74, 6) is 0.818. The number of hydrogen-bond acceptors (Lipinski definition) is 8. The van der Waals surface area contributed by atoms with E-state index < -0.39 is 15.4 Å². The Morgan fingerprint density at radius 3 is 2.26 bits per heavy atom. The van der Waals surface area contributed by atoms with Gasteiger partial charge in [-0.05, 0) is 45.0 Å². The number of benzene rings is 1. The second-order valence-corrected chi connectivity index (χ2v) is 10.6. The van der Waals surface area contributed by atoms with Crippen LogP contribution in [0.4, 0.5) is 22.1 Å². The lowest BCUT2D eigenvalue weighted by Gasteiger charge is -2.36. The summed E-state index contributed by atoms with van der Waals surface area (Å²) in [6.07, 6.45) is 0.704. The molecule has 2 aromatic rings. The summed E-state index contributed by atoms with van der Waals surface area (Å²) < 4.78 is 29.7. The average molecular weight is 468 g/mol. The largest absolute Gasteiger partial charge is 0.444 e. The molecule has 168 valence electrons. The summed E-state index contributed by atoms with van der Waals surface area (Å²) in [5.41, 5.74) is 0.149. The number of halogens is 1. The lowest BCUT2D eigenvalue weighted by Crippen LogP contribution is -2.50. The Labute approximate surface area is 187 Å². The van der Waals surface area contributed by atoms with Crippen LogP contribution in [0.3, 0.4) is 0 Å². The summed E-state index contributed by atoms with van der Waals surface area (Å²) in [6.45, 7) is 7.32. The van der Waals surface area contributed by atoms with Crippen LogP contribution in [0.15, 0.2) is 35.5 Å². The van der Waals surface area contributed by atoms with E-state index in [1.54, 1.807) is 35.2 Å². The number of amides is 1. The van der Waals surface area contributed by atoms with E-state index in [2.05, 4.69) is 15.3 Å². The number of piperazine rings is 1. The average Bonchev–Trinajstić information content (AvgIpc) is 2.68. The lowest BCUT2D eigenvalue weighted by atomic mass is 10.2. The molecule has 2 heterocycles. The third kappa shape index (κ3) is 6.44. The van der Waals surface area contributed by atoms with Crippen LogP contribution >= 0.6 is 11.6 Å². The highest BCUT2D eigenvalue weighted by Crippen LogP contribution is 2.24. The van der Waals surface area contributed by atoms with Gasteiger partial charge in [-0.25, -0.2) is 23.2 Å². The van der Waals surface area contributed by atoms with Gasteiger partial charge in [-0.3, -0.25) is 0 Å². The highest BCUT2D eigenvalue weighted by atomic mass is 35.5. The zero-order chi connectivity index (χ0) is 22.8. The minimum Gasteiger partial charge on any atom is -0.444 e. The first kappa shape index (κ1) is 23.1. The molecule has 0 saturated carbocycles. The molecule has 0 unspecified atom stereocenters. The predicted octanol–water partition coefficient (Wildman–Crippen LogP) is 3.33. The molecular formula is C20H26ClN5O4S. The van der Waals surface area contributed by atoms with Crippen LogP contribution in [-0.4, -0.2) is 67.4 Å². The summed E-state index contributed by atoms with van der Waals surface area (Å²) in [7, 11) is -3.62. The Kier molecular flexibility index (Phi) is 6.61. The molecule has 3 rings (SSSR count). The molecule has 0 atom stereocenters.